The minimum atomic E-state index is 0.274. The Hall–Kier alpha value is 0.390. The first kappa shape index (κ1) is 10.9. The van der Waals surface area contributed by atoms with Gasteiger partial charge in [-0.3, -0.25) is 0 Å². The van der Waals surface area contributed by atoms with Crippen LogP contribution in [0.4, 0.5) is 0 Å². The van der Waals surface area contributed by atoms with E-state index in [1.165, 1.54) is 18.4 Å². The lowest BCUT2D eigenvalue weighted by Gasteiger charge is -2.15. The van der Waals surface area contributed by atoms with E-state index in [9.17, 15) is 0 Å². The second kappa shape index (κ2) is 4.94. The van der Waals surface area contributed by atoms with Gasteiger partial charge in [0.1, 0.15) is 0 Å². The number of rotatable bonds is 4. The zero-order valence-corrected chi connectivity index (χ0v) is 11.5. The molecule has 3 heteroatoms. The molecule has 1 saturated carbocycles. The summed E-state index contributed by atoms with van der Waals surface area (Å²) in [5.74, 6) is 0. The molecule has 2 rings (SSSR count). The third-order valence-corrected chi connectivity index (χ3v) is 3.59. The molecule has 0 radical (unpaired) electrons. The fraction of sp³-hybridized carbons (Fsp3) is 0.455. The van der Waals surface area contributed by atoms with E-state index in [2.05, 4.69) is 62.8 Å². The second-order valence-electron chi connectivity index (χ2n) is 3.53. The first-order valence-electron chi connectivity index (χ1n) is 4.76. The van der Waals surface area contributed by atoms with Crippen molar-refractivity contribution < 1.29 is 4.74 Å². The smallest absolute Gasteiger partial charge is 0.0918 e. The minimum Gasteiger partial charge on any atom is -0.369 e. The highest BCUT2D eigenvalue weighted by Crippen LogP contribution is 2.32. The molecule has 0 bridgehead atoms. The number of benzene rings is 1. The Labute approximate surface area is 106 Å². The molecule has 1 aliphatic carbocycles. The number of hydrogen-bond donors (Lipinski definition) is 0. The zero-order valence-electron chi connectivity index (χ0n) is 7.75. The van der Waals surface area contributed by atoms with Gasteiger partial charge in [-0.05, 0) is 30.5 Å². The van der Waals surface area contributed by atoms with Crippen LogP contribution < -0.4 is 0 Å². The van der Waals surface area contributed by atoms with Crippen LogP contribution in [0.15, 0.2) is 28.7 Å². The van der Waals surface area contributed by atoms with Crippen LogP contribution in [0.2, 0.25) is 0 Å². The Morgan fingerprint density at radius 3 is 2.50 bits per heavy atom. The Bertz CT molecular complexity index is 295. The average molecular weight is 367 g/mol. The summed E-state index contributed by atoms with van der Waals surface area (Å²) in [4.78, 5) is 0. The lowest BCUT2D eigenvalue weighted by molar-refractivity contribution is 0.0570. The van der Waals surface area contributed by atoms with E-state index in [1.807, 2.05) is 0 Å². The van der Waals surface area contributed by atoms with Gasteiger partial charge in [-0.2, -0.15) is 0 Å². The molecule has 1 aliphatic rings. The van der Waals surface area contributed by atoms with Crippen molar-refractivity contribution in [1.29, 1.82) is 0 Å². The predicted octanol–water partition coefficient (Wildman–Crippen LogP) is 4.10. The fourth-order valence-electron chi connectivity index (χ4n) is 1.32. The third-order valence-electron chi connectivity index (χ3n) is 2.26. The number of ether oxygens (including phenoxy) is 1. The van der Waals surface area contributed by atoms with Crippen LogP contribution in [0.5, 0.6) is 0 Å². The minimum absolute atomic E-state index is 0.274. The molecule has 76 valence electrons. The molecule has 1 nitrogen and oxygen atoms in total. The van der Waals surface area contributed by atoms with Crippen molar-refractivity contribution in [2.45, 2.75) is 25.0 Å². The third kappa shape index (κ3) is 2.94. The van der Waals surface area contributed by atoms with Gasteiger partial charge in [0.2, 0.25) is 0 Å². The van der Waals surface area contributed by atoms with Crippen LogP contribution in [0.25, 0.3) is 0 Å². The summed E-state index contributed by atoms with van der Waals surface area (Å²) >= 11 is 5.82. The van der Waals surface area contributed by atoms with Gasteiger partial charge in [-0.1, -0.05) is 50.7 Å². The summed E-state index contributed by atoms with van der Waals surface area (Å²) in [7, 11) is 0. The van der Waals surface area contributed by atoms with E-state index < -0.39 is 0 Å². The molecule has 0 spiro atoms. The van der Waals surface area contributed by atoms with Gasteiger partial charge in [-0.25, -0.2) is 0 Å². The monoisotopic (exact) mass is 366 g/mol. The van der Waals surface area contributed by atoms with E-state index in [-0.39, 0.29) is 6.10 Å². The highest BCUT2D eigenvalue weighted by Gasteiger charge is 2.26. The Morgan fingerprint density at radius 2 is 2.00 bits per heavy atom. The van der Waals surface area contributed by atoms with Gasteiger partial charge >= 0.3 is 0 Å². The van der Waals surface area contributed by atoms with Crippen molar-refractivity contribution >= 4 is 38.5 Å². The van der Waals surface area contributed by atoms with E-state index >= 15 is 0 Å². The SMILES string of the molecule is Brc1ccc(C(CI)OC2CC2)cc1. The largest absolute Gasteiger partial charge is 0.369 e. The predicted molar refractivity (Wildman–Crippen MR) is 69.9 cm³/mol. The summed E-state index contributed by atoms with van der Waals surface area (Å²) in [6, 6.07) is 8.42. The Balaban J connectivity index is 2.05. The number of alkyl halides is 1. The van der Waals surface area contributed by atoms with Crippen molar-refractivity contribution in [1.82, 2.24) is 0 Å². The van der Waals surface area contributed by atoms with Crippen molar-refractivity contribution in [2.75, 3.05) is 4.43 Å². The van der Waals surface area contributed by atoms with Crippen LogP contribution in [-0.2, 0) is 4.74 Å². The molecule has 0 heterocycles. The van der Waals surface area contributed by atoms with Gasteiger partial charge in [0.25, 0.3) is 0 Å². The van der Waals surface area contributed by atoms with Gasteiger partial charge in [0.05, 0.1) is 12.2 Å². The highest BCUT2D eigenvalue weighted by atomic mass is 127. The summed E-state index contributed by atoms with van der Waals surface area (Å²) in [6.07, 6.45) is 3.28. The summed E-state index contributed by atoms with van der Waals surface area (Å²) in [6.45, 7) is 0. The van der Waals surface area contributed by atoms with Crippen molar-refractivity contribution in [2.24, 2.45) is 0 Å². The van der Waals surface area contributed by atoms with Gasteiger partial charge in [0, 0.05) is 8.90 Å². The van der Waals surface area contributed by atoms with Crippen LogP contribution in [0, 0.1) is 0 Å². The standard InChI is InChI=1S/C11H12BrIO/c12-9-3-1-8(2-4-9)11(7-13)14-10-5-6-10/h1-4,10-11H,5-7H2. The van der Waals surface area contributed by atoms with E-state index in [4.69, 9.17) is 4.74 Å². The van der Waals surface area contributed by atoms with Crippen LogP contribution in [0.3, 0.4) is 0 Å². The molecular weight excluding hydrogens is 355 g/mol. The zero-order chi connectivity index (χ0) is 9.97. The number of hydrogen-bond acceptors (Lipinski definition) is 1. The molecule has 0 aromatic heterocycles. The maximum atomic E-state index is 5.91. The van der Waals surface area contributed by atoms with Crippen LogP contribution >= 0.6 is 38.5 Å². The molecule has 14 heavy (non-hydrogen) atoms. The summed E-state index contributed by atoms with van der Waals surface area (Å²) < 4.78 is 8.06. The van der Waals surface area contributed by atoms with Gasteiger partial charge in [-0.15, -0.1) is 0 Å². The van der Waals surface area contributed by atoms with E-state index in [1.54, 1.807) is 0 Å². The summed E-state index contributed by atoms with van der Waals surface area (Å²) in [5, 5.41) is 0. The fourth-order valence-corrected chi connectivity index (χ4v) is 2.30. The molecule has 1 aromatic rings. The normalized spacial score (nSPS) is 18.1. The summed E-state index contributed by atoms with van der Waals surface area (Å²) in [5.41, 5.74) is 1.29. The molecule has 1 fully saturated rings. The highest BCUT2D eigenvalue weighted by molar-refractivity contribution is 14.1. The quantitative estimate of drug-likeness (QED) is 0.575. The Morgan fingerprint density at radius 1 is 1.36 bits per heavy atom. The topological polar surface area (TPSA) is 9.23 Å². The maximum absolute atomic E-state index is 5.91. The molecule has 0 saturated heterocycles. The molecule has 1 unspecified atom stereocenters. The van der Waals surface area contributed by atoms with Gasteiger partial charge in [0.15, 0.2) is 0 Å². The molecule has 1 aromatic carbocycles. The lowest BCUT2D eigenvalue weighted by Crippen LogP contribution is -2.06. The van der Waals surface area contributed by atoms with Gasteiger partial charge < -0.3 is 4.74 Å². The van der Waals surface area contributed by atoms with Crippen LogP contribution in [-0.4, -0.2) is 10.5 Å². The molecule has 0 N–H and O–H groups in total. The van der Waals surface area contributed by atoms with Crippen molar-refractivity contribution in [3.8, 4) is 0 Å². The van der Waals surface area contributed by atoms with E-state index in [0.717, 1.165) is 8.90 Å². The molecule has 0 amide bonds. The number of halogens is 2. The lowest BCUT2D eigenvalue weighted by atomic mass is 10.1. The van der Waals surface area contributed by atoms with Crippen molar-refractivity contribution in [3.05, 3.63) is 34.3 Å². The molecule has 1 atom stereocenters. The molecular formula is C11H12BrIO. The molecule has 0 aliphatic heterocycles. The maximum Gasteiger partial charge on any atom is 0.0918 e. The average Bonchev–Trinajstić information content (AvgIpc) is 3.00. The van der Waals surface area contributed by atoms with Crippen molar-refractivity contribution in [3.63, 3.8) is 0 Å². The van der Waals surface area contributed by atoms with Crippen LogP contribution in [0.1, 0.15) is 24.5 Å². The van der Waals surface area contributed by atoms with E-state index in [0.29, 0.717) is 6.10 Å². The Kier molecular flexibility index (Phi) is 3.85. The first-order valence-corrected chi connectivity index (χ1v) is 7.08. The second-order valence-corrected chi connectivity index (χ2v) is 5.33. The first-order chi connectivity index (χ1) is 6.79.